The van der Waals surface area contributed by atoms with E-state index in [0.29, 0.717) is 13.1 Å². The van der Waals surface area contributed by atoms with Crippen molar-refractivity contribution in [3.05, 3.63) is 0 Å². The Morgan fingerprint density at radius 2 is 2.11 bits per heavy atom. The van der Waals surface area contributed by atoms with Crippen LogP contribution in [0.1, 0.15) is 0 Å². The second-order valence-electron chi connectivity index (χ2n) is 2.41. The minimum atomic E-state index is -0.705. The number of β-amino-alcohol motifs (C(OH)–C–C–N with tert-alkyl or cyclic N) is 1. The van der Waals surface area contributed by atoms with Crippen LogP contribution in [0.15, 0.2) is 0 Å². The zero-order valence-corrected chi connectivity index (χ0v) is 5.49. The molecular weight excluding hydrogens is 120 g/mol. The lowest BCUT2D eigenvalue weighted by Crippen LogP contribution is -2.50. The normalized spacial score (nSPS) is 33.0. The fourth-order valence-corrected chi connectivity index (χ4v) is 0.886. The number of hydrogen-bond donors (Lipinski definition) is 2. The monoisotopic (exact) mass is 132 g/mol. The number of piperazine rings is 1. The Morgan fingerprint density at radius 1 is 1.44 bits per heavy atom. The second-order valence-corrected chi connectivity index (χ2v) is 2.41. The van der Waals surface area contributed by atoms with Gasteiger partial charge in [-0.15, -0.1) is 0 Å². The summed E-state index contributed by atoms with van der Waals surface area (Å²) in [4.78, 5) is 1.97. The zero-order valence-electron chi connectivity index (χ0n) is 5.49. The summed E-state index contributed by atoms with van der Waals surface area (Å²) in [6.45, 7) is 1.86. The lowest BCUT2D eigenvalue weighted by Gasteiger charge is -2.32. The van der Waals surface area contributed by atoms with Gasteiger partial charge in [-0.2, -0.15) is 5.06 Å². The SMILES string of the molecule is CN1CCN(O)C(O)C1. The first kappa shape index (κ1) is 6.95. The second kappa shape index (κ2) is 2.62. The van der Waals surface area contributed by atoms with E-state index in [2.05, 4.69) is 0 Å². The molecule has 1 unspecified atom stereocenters. The predicted molar refractivity (Wildman–Crippen MR) is 32.0 cm³/mol. The highest BCUT2D eigenvalue weighted by atomic mass is 16.5. The van der Waals surface area contributed by atoms with Crippen LogP contribution in [0.5, 0.6) is 0 Å². The fourth-order valence-electron chi connectivity index (χ4n) is 0.886. The Morgan fingerprint density at radius 3 is 2.56 bits per heavy atom. The molecule has 1 heterocycles. The molecule has 0 radical (unpaired) electrons. The van der Waals surface area contributed by atoms with Crippen molar-refractivity contribution < 1.29 is 10.3 Å². The quantitative estimate of drug-likeness (QED) is 0.441. The van der Waals surface area contributed by atoms with E-state index >= 15 is 0 Å². The summed E-state index contributed by atoms with van der Waals surface area (Å²) < 4.78 is 0. The van der Waals surface area contributed by atoms with E-state index in [9.17, 15) is 0 Å². The maximum Gasteiger partial charge on any atom is 0.142 e. The van der Waals surface area contributed by atoms with Crippen molar-refractivity contribution >= 4 is 0 Å². The third-order valence-corrected chi connectivity index (χ3v) is 1.53. The standard InChI is InChI=1S/C5H12N2O2/c1-6-2-3-7(9)5(8)4-6/h5,8-9H,2-4H2,1H3. The molecule has 0 bridgehead atoms. The first-order valence-corrected chi connectivity index (χ1v) is 3.02. The molecule has 0 saturated carbocycles. The smallest absolute Gasteiger partial charge is 0.142 e. The molecule has 4 heteroatoms. The number of aliphatic hydroxyl groups excluding tert-OH is 1. The third kappa shape index (κ3) is 1.62. The molecule has 0 amide bonds. The minimum Gasteiger partial charge on any atom is -0.375 e. The van der Waals surface area contributed by atoms with Gasteiger partial charge in [-0.05, 0) is 7.05 Å². The molecule has 4 nitrogen and oxygen atoms in total. The summed E-state index contributed by atoms with van der Waals surface area (Å²) in [5.41, 5.74) is 0. The van der Waals surface area contributed by atoms with Gasteiger partial charge in [-0.25, -0.2) is 0 Å². The lowest BCUT2D eigenvalue weighted by molar-refractivity contribution is -0.219. The molecule has 54 valence electrons. The van der Waals surface area contributed by atoms with E-state index in [4.69, 9.17) is 10.3 Å². The molecule has 9 heavy (non-hydrogen) atoms. The third-order valence-electron chi connectivity index (χ3n) is 1.53. The van der Waals surface area contributed by atoms with Gasteiger partial charge in [0.1, 0.15) is 6.23 Å². The molecule has 1 rings (SSSR count). The van der Waals surface area contributed by atoms with E-state index in [1.165, 1.54) is 0 Å². The van der Waals surface area contributed by atoms with Gasteiger partial charge in [0.2, 0.25) is 0 Å². The summed E-state index contributed by atoms with van der Waals surface area (Å²) in [5, 5.41) is 18.8. The molecular formula is C5H12N2O2. The zero-order chi connectivity index (χ0) is 6.85. The molecule has 2 N–H and O–H groups in total. The van der Waals surface area contributed by atoms with Gasteiger partial charge in [0.05, 0.1) is 0 Å². The number of hydrogen-bond acceptors (Lipinski definition) is 4. The minimum absolute atomic E-state index is 0.524. The summed E-state index contributed by atoms with van der Waals surface area (Å²) in [7, 11) is 1.91. The summed E-state index contributed by atoms with van der Waals surface area (Å²) in [6, 6.07) is 0. The topological polar surface area (TPSA) is 46.9 Å². The van der Waals surface area contributed by atoms with Crippen LogP contribution >= 0.6 is 0 Å². The largest absolute Gasteiger partial charge is 0.375 e. The first-order valence-electron chi connectivity index (χ1n) is 3.02. The van der Waals surface area contributed by atoms with Crippen LogP contribution in [0, 0.1) is 0 Å². The number of hydroxylamine groups is 2. The summed E-state index contributed by atoms with van der Waals surface area (Å²) in [6.07, 6.45) is -0.705. The van der Waals surface area contributed by atoms with Gasteiger partial charge in [0.15, 0.2) is 0 Å². The van der Waals surface area contributed by atoms with Gasteiger partial charge >= 0.3 is 0 Å². The van der Waals surface area contributed by atoms with Crippen LogP contribution < -0.4 is 0 Å². The molecule has 1 aliphatic heterocycles. The molecule has 0 aromatic carbocycles. The van der Waals surface area contributed by atoms with Crippen molar-refractivity contribution in [3.8, 4) is 0 Å². The van der Waals surface area contributed by atoms with Crippen molar-refractivity contribution in [2.24, 2.45) is 0 Å². The van der Waals surface area contributed by atoms with Gasteiger partial charge in [0, 0.05) is 19.6 Å². The Bertz CT molecular complexity index is 99.0. The number of aliphatic hydroxyl groups is 1. The van der Waals surface area contributed by atoms with E-state index < -0.39 is 6.23 Å². The molecule has 0 aliphatic carbocycles. The van der Waals surface area contributed by atoms with Crippen molar-refractivity contribution in [3.63, 3.8) is 0 Å². The Hall–Kier alpha value is -0.160. The van der Waals surface area contributed by atoms with E-state index in [-0.39, 0.29) is 0 Å². The predicted octanol–water partition coefficient (Wildman–Crippen LogP) is -1.06. The summed E-state index contributed by atoms with van der Waals surface area (Å²) >= 11 is 0. The van der Waals surface area contributed by atoms with Gasteiger partial charge in [-0.3, -0.25) is 0 Å². The Balaban J connectivity index is 2.35. The van der Waals surface area contributed by atoms with Crippen LogP contribution in [0.4, 0.5) is 0 Å². The van der Waals surface area contributed by atoms with Crippen molar-refractivity contribution in [2.75, 3.05) is 26.7 Å². The molecule has 0 spiro atoms. The average molecular weight is 132 g/mol. The van der Waals surface area contributed by atoms with Gasteiger partial charge in [0.25, 0.3) is 0 Å². The highest BCUT2D eigenvalue weighted by Gasteiger charge is 2.20. The van der Waals surface area contributed by atoms with Crippen molar-refractivity contribution in [1.29, 1.82) is 0 Å². The van der Waals surface area contributed by atoms with Crippen LogP contribution in [0.25, 0.3) is 0 Å². The number of rotatable bonds is 0. The maximum absolute atomic E-state index is 8.98. The molecule has 0 aromatic heterocycles. The van der Waals surface area contributed by atoms with Crippen LogP contribution in [0.2, 0.25) is 0 Å². The molecule has 1 saturated heterocycles. The fraction of sp³-hybridized carbons (Fsp3) is 1.00. The number of likely N-dealkylation sites (N-methyl/N-ethyl adjacent to an activating group) is 1. The number of nitrogens with zero attached hydrogens (tertiary/aromatic N) is 2. The van der Waals surface area contributed by atoms with Crippen LogP contribution in [0.3, 0.4) is 0 Å². The highest BCUT2D eigenvalue weighted by Crippen LogP contribution is 2.00. The van der Waals surface area contributed by atoms with Gasteiger partial charge < -0.3 is 15.2 Å². The lowest BCUT2D eigenvalue weighted by atomic mass is 10.3. The average Bonchev–Trinajstić information content (AvgIpc) is 1.80. The molecule has 1 aliphatic rings. The van der Waals surface area contributed by atoms with Crippen molar-refractivity contribution in [1.82, 2.24) is 9.96 Å². The molecule has 1 atom stereocenters. The first-order chi connectivity index (χ1) is 4.20. The van der Waals surface area contributed by atoms with E-state index in [1.807, 2.05) is 11.9 Å². The van der Waals surface area contributed by atoms with E-state index in [1.54, 1.807) is 0 Å². The van der Waals surface area contributed by atoms with Crippen molar-refractivity contribution in [2.45, 2.75) is 6.23 Å². The Labute approximate surface area is 54.3 Å². The van der Waals surface area contributed by atoms with Crippen LogP contribution in [-0.4, -0.2) is 53.2 Å². The summed E-state index contributed by atoms with van der Waals surface area (Å²) in [5.74, 6) is 0. The van der Waals surface area contributed by atoms with Gasteiger partial charge in [-0.1, -0.05) is 0 Å². The maximum atomic E-state index is 8.98. The molecule has 1 fully saturated rings. The van der Waals surface area contributed by atoms with Crippen LogP contribution in [-0.2, 0) is 0 Å². The highest BCUT2D eigenvalue weighted by molar-refractivity contribution is 4.65. The van der Waals surface area contributed by atoms with E-state index in [0.717, 1.165) is 11.6 Å². The molecule has 0 aromatic rings. The Kier molecular flexibility index (Phi) is 2.02.